The predicted molar refractivity (Wildman–Crippen MR) is 73.4 cm³/mol. The molecular weight excluding hydrogens is 228 g/mol. The van der Waals surface area contributed by atoms with Crippen LogP contribution in [0.5, 0.6) is 0 Å². The lowest BCUT2D eigenvalue weighted by Crippen LogP contribution is -2.43. The Labute approximate surface area is 110 Å². The Bertz CT molecular complexity index is 347. The van der Waals surface area contributed by atoms with Crippen LogP contribution in [0.3, 0.4) is 0 Å². The number of aryl methyl sites for hydroxylation is 1. The van der Waals surface area contributed by atoms with Gasteiger partial charge in [-0.2, -0.15) is 0 Å². The molecule has 0 aliphatic carbocycles. The van der Waals surface area contributed by atoms with E-state index in [4.69, 9.17) is 15.3 Å². The van der Waals surface area contributed by atoms with Crippen molar-refractivity contribution in [2.75, 3.05) is 13.2 Å². The topological polar surface area (TPSA) is 62.6 Å². The van der Waals surface area contributed by atoms with Crippen LogP contribution in [0.4, 0.5) is 0 Å². The second kappa shape index (κ2) is 6.92. The fraction of sp³-hybridized carbons (Fsp3) is 0.714. The standard InChI is InChI=1S/C14H26N2O2/c1-10(2)16(8-5-9-17)14(12(4)15)13-7-6-11(3)18-13/h6-7,10,12,14,17H,5,8-9,15H2,1-4H3. The summed E-state index contributed by atoms with van der Waals surface area (Å²) in [6.07, 6.45) is 0.751. The summed E-state index contributed by atoms with van der Waals surface area (Å²) in [6.45, 7) is 9.24. The van der Waals surface area contributed by atoms with E-state index in [-0.39, 0.29) is 18.7 Å². The molecule has 0 bridgehead atoms. The first-order valence-corrected chi connectivity index (χ1v) is 6.66. The van der Waals surface area contributed by atoms with E-state index < -0.39 is 0 Å². The lowest BCUT2D eigenvalue weighted by Gasteiger charge is -2.36. The van der Waals surface area contributed by atoms with Crippen LogP contribution in [0.25, 0.3) is 0 Å². The second-order valence-electron chi connectivity index (χ2n) is 5.16. The van der Waals surface area contributed by atoms with Gasteiger partial charge in [-0.05, 0) is 46.2 Å². The van der Waals surface area contributed by atoms with Gasteiger partial charge in [-0.15, -0.1) is 0 Å². The number of hydrogen-bond donors (Lipinski definition) is 2. The molecule has 0 fully saturated rings. The fourth-order valence-corrected chi connectivity index (χ4v) is 2.31. The molecule has 1 aromatic rings. The SMILES string of the molecule is Cc1ccc(C(C(C)N)N(CCCO)C(C)C)o1. The van der Waals surface area contributed by atoms with E-state index in [9.17, 15) is 0 Å². The third kappa shape index (κ3) is 3.83. The first-order valence-electron chi connectivity index (χ1n) is 6.66. The van der Waals surface area contributed by atoms with Gasteiger partial charge in [0.25, 0.3) is 0 Å². The van der Waals surface area contributed by atoms with E-state index in [1.807, 2.05) is 26.0 Å². The highest BCUT2D eigenvalue weighted by molar-refractivity contribution is 5.12. The van der Waals surface area contributed by atoms with Crippen molar-refractivity contribution in [1.82, 2.24) is 4.90 Å². The first-order chi connectivity index (χ1) is 8.47. The zero-order valence-corrected chi connectivity index (χ0v) is 11.9. The highest BCUT2D eigenvalue weighted by Crippen LogP contribution is 2.27. The third-order valence-corrected chi connectivity index (χ3v) is 3.15. The van der Waals surface area contributed by atoms with Gasteiger partial charge in [-0.3, -0.25) is 4.90 Å². The van der Waals surface area contributed by atoms with Gasteiger partial charge in [-0.1, -0.05) is 0 Å². The van der Waals surface area contributed by atoms with Crippen molar-refractivity contribution in [1.29, 1.82) is 0 Å². The molecule has 3 N–H and O–H groups in total. The number of aliphatic hydroxyl groups is 1. The van der Waals surface area contributed by atoms with Gasteiger partial charge in [0.15, 0.2) is 0 Å². The summed E-state index contributed by atoms with van der Waals surface area (Å²) in [6, 6.07) is 4.37. The summed E-state index contributed by atoms with van der Waals surface area (Å²) < 4.78 is 5.73. The van der Waals surface area contributed by atoms with E-state index in [1.54, 1.807) is 0 Å². The molecule has 0 saturated heterocycles. The molecule has 4 nitrogen and oxygen atoms in total. The smallest absolute Gasteiger partial charge is 0.122 e. The molecule has 104 valence electrons. The molecule has 0 aliphatic heterocycles. The van der Waals surface area contributed by atoms with Gasteiger partial charge in [-0.25, -0.2) is 0 Å². The van der Waals surface area contributed by atoms with Crippen molar-refractivity contribution >= 4 is 0 Å². The average molecular weight is 254 g/mol. The van der Waals surface area contributed by atoms with Gasteiger partial charge < -0.3 is 15.3 Å². The summed E-state index contributed by atoms with van der Waals surface area (Å²) in [5.74, 6) is 1.82. The molecule has 0 aromatic carbocycles. The van der Waals surface area contributed by atoms with Gasteiger partial charge in [0.05, 0.1) is 6.04 Å². The third-order valence-electron chi connectivity index (χ3n) is 3.15. The van der Waals surface area contributed by atoms with Crippen LogP contribution < -0.4 is 5.73 Å². The Kier molecular flexibility index (Phi) is 5.85. The van der Waals surface area contributed by atoms with Crippen LogP contribution in [0, 0.1) is 6.92 Å². The van der Waals surface area contributed by atoms with Crippen molar-refractivity contribution < 1.29 is 9.52 Å². The average Bonchev–Trinajstić information content (AvgIpc) is 2.69. The van der Waals surface area contributed by atoms with Crippen LogP contribution in [0.1, 0.15) is 44.8 Å². The minimum absolute atomic E-state index is 0.0170. The van der Waals surface area contributed by atoms with Gasteiger partial charge in [0.1, 0.15) is 11.5 Å². The quantitative estimate of drug-likeness (QED) is 0.782. The molecule has 4 heteroatoms. The van der Waals surface area contributed by atoms with Crippen molar-refractivity contribution in [3.8, 4) is 0 Å². The molecule has 0 radical (unpaired) electrons. The predicted octanol–water partition coefficient (Wildman–Crippen LogP) is 2.07. The number of aliphatic hydroxyl groups excluding tert-OH is 1. The fourth-order valence-electron chi connectivity index (χ4n) is 2.31. The van der Waals surface area contributed by atoms with E-state index in [2.05, 4.69) is 18.7 Å². The molecule has 2 atom stereocenters. The zero-order chi connectivity index (χ0) is 13.7. The van der Waals surface area contributed by atoms with Crippen molar-refractivity contribution in [3.05, 3.63) is 23.7 Å². The molecule has 1 aromatic heterocycles. The lowest BCUT2D eigenvalue weighted by molar-refractivity contribution is 0.107. The summed E-state index contributed by atoms with van der Waals surface area (Å²) in [4.78, 5) is 2.29. The zero-order valence-electron chi connectivity index (χ0n) is 11.9. The molecule has 2 unspecified atom stereocenters. The Morgan fingerprint density at radius 1 is 1.33 bits per heavy atom. The van der Waals surface area contributed by atoms with Crippen LogP contribution in [0.15, 0.2) is 16.5 Å². The van der Waals surface area contributed by atoms with Crippen LogP contribution in [-0.2, 0) is 0 Å². The maximum atomic E-state index is 9.01. The molecule has 18 heavy (non-hydrogen) atoms. The summed E-state index contributed by atoms with van der Waals surface area (Å²) in [5, 5.41) is 9.01. The first kappa shape index (κ1) is 15.2. The van der Waals surface area contributed by atoms with E-state index in [0.29, 0.717) is 6.04 Å². The molecular formula is C14H26N2O2. The number of furan rings is 1. The van der Waals surface area contributed by atoms with E-state index >= 15 is 0 Å². The van der Waals surface area contributed by atoms with Gasteiger partial charge in [0.2, 0.25) is 0 Å². The number of nitrogens with two attached hydrogens (primary N) is 1. The highest BCUT2D eigenvalue weighted by Gasteiger charge is 2.28. The monoisotopic (exact) mass is 254 g/mol. The summed E-state index contributed by atoms with van der Waals surface area (Å²) in [7, 11) is 0. The molecule has 1 rings (SSSR count). The lowest BCUT2D eigenvalue weighted by atomic mass is 10.0. The van der Waals surface area contributed by atoms with Crippen LogP contribution in [0.2, 0.25) is 0 Å². The van der Waals surface area contributed by atoms with E-state index in [1.165, 1.54) is 0 Å². The van der Waals surface area contributed by atoms with E-state index in [0.717, 1.165) is 24.5 Å². The molecule has 0 aliphatic rings. The number of rotatable bonds is 7. The highest BCUT2D eigenvalue weighted by atomic mass is 16.3. The second-order valence-corrected chi connectivity index (χ2v) is 5.16. The van der Waals surface area contributed by atoms with Crippen molar-refractivity contribution in [3.63, 3.8) is 0 Å². The molecule has 1 heterocycles. The van der Waals surface area contributed by atoms with Crippen LogP contribution >= 0.6 is 0 Å². The molecule has 0 saturated carbocycles. The Morgan fingerprint density at radius 3 is 2.39 bits per heavy atom. The van der Waals surface area contributed by atoms with Crippen LogP contribution in [-0.4, -0.2) is 35.2 Å². The number of nitrogens with zero attached hydrogens (tertiary/aromatic N) is 1. The Morgan fingerprint density at radius 2 is 2.00 bits per heavy atom. The Hall–Kier alpha value is -0.840. The normalized spacial score (nSPS) is 15.3. The number of hydrogen-bond acceptors (Lipinski definition) is 4. The molecule has 0 spiro atoms. The maximum absolute atomic E-state index is 9.01. The summed E-state index contributed by atoms with van der Waals surface area (Å²) in [5.41, 5.74) is 6.12. The molecule has 0 amide bonds. The largest absolute Gasteiger partial charge is 0.465 e. The minimum atomic E-state index is -0.0170. The van der Waals surface area contributed by atoms with Crippen molar-refractivity contribution in [2.45, 2.75) is 52.2 Å². The van der Waals surface area contributed by atoms with Gasteiger partial charge in [0, 0.05) is 25.2 Å². The summed E-state index contributed by atoms with van der Waals surface area (Å²) >= 11 is 0. The Balaban J connectivity index is 2.93. The van der Waals surface area contributed by atoms with Gasteiger partial charge >= 0.3 is 0 Å². The maximum Gasteiger partial charge on any atom is 0.122 e. The minimum Gasteiger partial charge on any atom is -0.465 e. The van der Waals surface area contributed by atoms with Crippen molar-refractivity contribution in [2.24, 2.45) is 5.73 Å².